The molecule has 4 aromatic carbocycles. The van der Waals surface area contributed by atoms with Crippen molar-refractivity contribution in [1.29, 1.82) is 0 Å². The Hall–Kier alpha value is -3.72. The van der Waals surface area contributed by atoms with Gasteiger partial charge in [-0.05, 0) is 47.5 Å². The number of hydrogen-bond donors (Lipinski definition) is 1. The summed E-state index contributed by atoms with van der Waals surface area (Å²) < 4.78 is 8.29. The number of anilines is 1. The summed E-state index contributed by atoms with van der Waals surface area (Å²) in [5, 5.41) is 2.39. The summed E-state index contributed by atoms with van der Waals surface area (Å²) in [6.07, 6.45) is 0. The second kappa shape index (κ2) is 7.02. The third-order valence-electron chi connectivity index (χ3n) is 5.50. The Balaban J connectivity index is 1.59. The number of nitrogen functional groups attached to an aromatic ring is 1. The van der Waals surface area contributed by atoms with Crippen molar-refractivity contribution in [3.63, 3.8) is 0 Å². The predicted molar refractivity (Wildman–Crippen MR) is 121 cm³/mol. The summed E-state index contributed by atoms with van der Waals surface area (Å²) in [4.78, 5) is 0. The molecule has 1 heterocycles. The molecule has 142 valence electrons. The lowest BCUT2D eigenvalue weighted by Gasteiger charge is -2.07. The van der Waals surface area contributed by atoms with Crippen molar-refractivity contribution in [2.75, 3.05) is 5.73 Å². The minimum Gasteiger partial charge on any atom is -0.489 e. The van der Waals surface area contributed by atoms with E-state index in [4.69, 9.17) is 10.5 Å². The van der Waals surface area contributed by atoms with Gasteiger partial charge in [-0.1, -0.05) is 54.6 Å². The molecule has 0 amide bonds. The summed E-state index contributed by atoms with van der Waals surface area (Å²) in [5.41, 5.74) is 12.7. The molecule has 0 unspecified atom stereocenters. The molecule has 29 heavy (non-hydrogen) atoms. The maximum absolute atomic E-state index is 6.21. The Morgan fingerprint density at radius 3 is 2.24 bits per heavy atom. The maximum Gasteiger partial charge on any atom is 0.120 e. The van der Waals surface area contributed by atoms with Gasteiger partial charge in [0.25, 0.3) is 0 Å². The molecule has 2 N–H and O–H groups in total. The lowest BCUT2D eigenvalue weighted by atomic mass is 10.0. The standard InChI is InChI=1S/C26H22N2O/c1-28-25-13-11-19(21-9-5-6-10-24(21)27)15-22(25)23-16-20(12-14-26(23)28)29-17-18-7-3-2-4-8-18/h2-16H,17,27H2,1H3. The fourth-order valence-electron chi connectivity index (χ4n) is 3.96. The van der Waals surface area contributed by atoms with Crippen LogP contribution in [0.15, 0.2) is 91.0 Å². The van der Waals surface area contributed by atoms with Gasteiger partial charge in [-0.2, -0.15) is 0 Å². The Morgan fingerprint density at radius 1 is 0.759 bits per heavy atom. The SMILES string of the molecule is Cn1c2ccc(OCc3ccccc3)cc2c2cc(-c3ccccc3N)ccc21. The number of nitrogens with two attached hydrogens (primary N) is 1. The van der Waals surface area contributed by atoms with E-state index in [1.807, 2.05) is 42.5 Å². The third kappa shape index (κ3) is 3.11. The van der Waals surface area contributed by atoms with Gasteiger partial charge < -0.3 is 15.0 Å². The van der Waals surface area contributed by atoms with Crippen LogP contribution in [0.1, 0.15) is 5.56 Å². The lowest BCUT2D eigenvalue weighted by Crippen LogP contribution is -1.94. The van der Waals surface area contributed by atoms with Crippen molar-refractivity contribution in [2.24, 2.45) is 7.05 Å². The average molecular weight is 378 g/mol. The van der Waals surface area contributed by atoms with Gasteiger partial charge in [0.2, 0.25) is 0 Å². The summed E-state index contributed by atoms with van der Waals surface area (Å²) in [5.74, 6) is 0.874. The van der Waals surface area contributed by atoms with Crippen LogP contribution in [0.4, 0.5) is 5.69 Å². The molecule has 3 heteroatoms. The Morgan fingerprint density at radius 2 is 1.45 bits per heavy atom. The number of rotatable bonds is 4. The number of aryl methyl sites for hydroxylation is 1. The highest BCUT2D eigenvalue weighted by atomic mass is 16.5. The summed E-state index contributed by atoms with van der Waals surface area (Å²) >= 11 is 0. The Kier molecular flexibility index (Phi) is 4.21. The molecule has 0 atom stereocenters. The highest BCUT2D eigenvalue weighted by Gasteiger charge is 2.11. The van der Waals surface area contributed by atoms with Gasteiger partial charge in [-0.15, -0.1) is 0 Å². The minimum atomic E-state index is 0.558. The lowest BCUT2D eigenvalue weighted by molar-refractivity contribution is 0.306. The zero-order chi connectivity index (χ0) is 19.8. The topological polar surface area (TPSA) is 40.2 Å². The van der Waals surface area contributed by atoms with Crippen LogP contribution < -0.4 is 10.5 Å². The molecule has 0 bridgehead atoms. The van der Waals surface area contributed by atoms with Crippen molar-refractivity contribution in [1.82, 2.24) is 4.57 Å². The summed E-state index contributed by atoms with van der Waals surface area (Å²) in [6.45, 7) is 0.558. The smallest absolute Gasteiger partial charge is 0.120 e. The first-order valence-corrected chi connectivity index (χ1v) is 9.74. The molecule has 0 aliphatic rings. The first kappa shape index (κ1) is 17.4. The van der Waals surface area contributed by atoms with E-state index in [0.29, 0.717) is 6.61 Å². The largest absolute Gasteiger partial charge is 0.489 e. The highest BCUT2D eigenvalue weighted by Crippen LogP contribution is 2.35. The Bertz CT molecular complexity index is 1320. The van der Waals surface area contributed by atoms with Crippen LogP contribution in [0.3, 0.4) is 0 Å². The monoisotopic (exact) mass is 378 g/mol. The van der Waals surface area contributed by atoms with Crippen molar-refractivity contribution in [3.8, 4) is 16.9 Å². The fourth-order valence-corrected chi connectivity index (χ4v) is 3.96. The number of nitrogens with zero attached hydrogens (tertiary/aromatic N) is 1. The van der Waals surface area contributed by atoms with E-state index in [1.165, 1.54) is 21.8 Å². The molecule has 0 saturated heterocycles. The van der Waals surface area contributed by atoms with E-state index in [9.17, 15) is 0 Å². The van der Waals surface area contributed by atoms with Crippen molar-refractivity contribution in [2.45, 2.75) is 6.61 Å². The van der Waals surface area contributed by atoms with Crippen molar-refractivity contribution < 1.29 is 4.74 Å². The van der Waals surface area contributed by atoms with Crippen LogP contribution in [0.2, 0.25) is 0 Å². The molecule has 5 aromatic rings. The second-order valence-corrected chi connectivity index (χ2v) is 7.33. The fraction of sp³-hybridized carbons (Fsp3) is 0.0769. The zero-order valence-corrected chi connectivity index (χ0v) is 16.3. The van der Waals surface area contributed by atoms with Gasteiger partial charge >= 0.3 is 0 Å². The van der Waals surface area contributed by atoms with Crippen LogP contribution in [0.5, 0.6) is 5.75 Å². The van der Waals surface area contributed by atoms with Gasteiger partial charge in [-0.25, -0.2) is 0 Å². The highest BCUT2D eigenvalue weighted by molar-refractivity contribution is 6.10. The molecule has 0 radical (unpaired) electrons. The van der Waals surface area contributed by atoms with Gasteiger partial charge in [0, 0.05) is 40.1 Å². The van der Waals surface area contributed by atoms with E-state index in [0.717, 1.165) is 28.1 Å². The molecule has 0 saturated carbocycles. The van der Waals surface area contributed by atoms with Gasteiger partial charge in [0.15, 0.2) is 0 Å². The van der Waals surface area contributed by atoms with Crippen molar-refractivity contribution >= 4 is 27.5 Å². The molecular formula is C26H22N2O. The Labute approximate surface area is 170 Å². The normalized spacial score (nSPS) is 11.2. The molecule has 5 rings (SSSR count). The number of ether oxygens (including phenoxy) is 1. The van der Waals surface area contributed by atoms with E-state index in [-0.39, 0.29) is 0 Å². The first-order valence-electron chi connectivity index (χ1n) is 9.74. The van der Waals surface area contributed by atoms with Gasteiger partial charge in [0.1, 0.15) is 12.4 Å². The number of benzene rings is 4. The molecule has 0 spiro atoms. The maximum atomic E-state index is 6.21. The number of aromatic nitrogens is 1. The van der Waals surface area contributed by atoms with Crippen LogP contribution >= 0.6 is 0 Å². The molecular weight excluding hydrogens is 356 g/mol. The molecule has 0 fully saturated rings. The molecule has 3 nitrogen and oxygen atoms in total. The first-order chi connectivity index (χ1) is 14.2. The van der Waals surface area contributed by atoms with E-state index in [1.54, 1.807) is 0 Å². The third-order valence-corrected chi connectivity index (χ3v) is 5.50. The van der Waals surface area contributed by atoms with E-state index >= 15 is 0 Å². The van der Waals surface area contributed by atoms with Crippen LogP contribution in [0, 0.1) is 0 Å². The van der Waals surface area contributed by atoms with Crippen LogP contribution in [-0.4, -0.2) is 4.57 Å². The molecule has 0 aliphatic heterocycles. The number of hydrogen-bond acceptors (Lipinski definition) is 2. The minimum absolute atomic E-state index is 0.558. The van der Waals surface area contributed by atoms with Crippen molar-refractivity contribution in [3.05, 3.63) is 96.6 Å². The van der Waals surface area contributed by atoms with Crippen LogP contribution in [-0.2, 0) is 13.7 Å². The van der Waals surface area contributed by atoms with E-state index < -0.39 is 0 Å². The number of fused-ring (bicyclic) bond motifs is 3. The summed E-state index contributed by atoms with van der Waals surface area (Å²) in [6, 6.07) is 31.1. The van der Waals surface area contributed by atoms with Crippen LogP contribution in [0.25, 0.3) is 32.9 Å². The molecule has 0 aliphatic carbocycles. The number of para-hydroxylation sites is 1. The van der Waals surface area contributed by atoms with Gasteiger partial charge in [0.05, 0.1) is 0 Å². The zero-order valence-electron chi connectivity index (χ0n) is 16.3. The molecule has 1 aromatic heterocycles. The van der Waals surface area contributed by atoms with E-state index in [2.05, 4.69) is 60.1 Å². The van der Waals surface area contributed by atoms with Gasteiger partial charge in [-0.3, -0.25) is 0 Å². The average Bonchev–Trinajstić information content (AvgIpc) is 3.04. The predicted octanol–water partition coefficient (Wildman–Crippen LogP) is 6.16. The second-order valence-electron chi connectivity index (χ2n) is 7.33. The summed E-state index contributed by atoms with van der Waals surface area (Å²) in [7, 11) is 2.10. The quantitative estimate of drug-likeness (QED) is 0.380.